The second-order valence-corrected chi connectivity index (χ2v) is 5.91. The van der Waals surface area contributed by atoms with Gasteiger partial charge >= 0.3 is 0 Å². The van der Waals surface area contributed by atoms with E-state index in [1.807, 2.05) is 55.5 Å². The van der Waals surface area contributed by atoms with Gasteiger partial charge in [0, 0.05) is 17.4 Å². The third kappa shape index (κ3) is 3.23. The molecule has 0 aliphatic carbocycles. The van der Waals surface area contributed by atoms with Gasteiger partial charge in [0.05, 0.1) is 18.1 Å². The topological polar surface area (TPSA) is 88.5 Å². The maximum Gasteiger partial charge on any atom is 0.277 e. The van der Waals surface area contributed by atoms with Gasteiger partial charge in [-0.05, 0) is 42.3 Å². The summed E-state index contributed by atoms with van der Waals surface area (Å²) in [6.07, 6.45) is 5.15. The number of rotatable bonds is 4. The zero-order chi connectivity index (χ0) is 17.9. The Morgan fingerprint density at radius 1 is 1.12 bits per heavy atom. The molecule has 7 heteroatoms. The van der Waals surface area contributed by atoms with Crippen molar-refractivity contribution in [3.63, 3.8) is 0 Å². The monoisotopic (exact) mass is 344 g/mol. The molecule has 4 rings (SSSR count). The Hall–Kier alpha value is -3.74. The number of aromatic nitrogens is 5. The number of nitrogens with zero attached hydrogens (tertiary/aromatic N) is 4. The fourth-order valence-electron chi connectivity index (χ4n) is 2.64. The van der Waals surface area contributed by atoms with Gasteiger partial charge in [0.1, 0.15) is 0 Å². The van der Waals surface area contributed by atoms with E-state index in [0.717, 1.165) is 22.4 Å². The summed E-state index contributed by atoms with van der Waals surface area (Å²) in [6.45, 7) is 2.00. The lowest BCUT2D eigenvalue weighted by Crippen LogP contribution is -2.12. The van der Waals surface area contributed by atoms with Gasteiger partial charge in [0.25, 0.3) is 5.91 Å². The molecule has 0 atom stereocenters. The smallest absolute Gasteiger partial charge is 0.277 e. The summed E-state index contributed by atoms with van der Waals surface area (Å²) in [5, 5.41) is 17.6. The molecule has 0 bridgehead atoms. The Morgan fingerprint density at radius 3 is 2.81 bits per heavy atom. The van der Waals surface area contributed by atoms with Crippen LogP contribution in [0.25, 0.3) is 16.8 Å². The second kappa shape index (κ2) is 6.64. The molecule has 0 saturated heterocycles. The van der Waals surface area contributed by atoms with Gasteiger partial charge in [-0.1, -0.05) is 29.5 Å². The highest BCUT2D eigenvalue weighted by Crippen LogP contribution is 2.21. The van der Waals surface area contributed by atoms with Crippen molar-refractivity contribution >= 4 is 11.6 Å². The van der Waals surface area contributed by atoms with E-state index in [1.54, 1.807) is 23.3 Å². The van der Waals surface area contributed by atoms with Crippen LogP contribution in [0.4, 0.5) is 5.69 Å². The zero-order valence-corrected chi connectivity index (χ0v) is 14.0. The lowest BCUT2D eigenvalue weighted by Gasteiger charge is -2.05. The van der Waals surface area contributed by atoms with Crippen molar-refractivity contribution in [2.45, 2.75) is 6.92 Å². The van der Waals surface area contributed by atoms with E-state index < -0.39 is 0 Å². The highest BCUT2D eigenvalue weighted by molar-refractivity contribution is 6.02. The summed E-state index contributed by atoms with van der Waals surface area (Å²) in [5.74, 6) is -0.312. The summed E-state index contributed by atoms with van der Waals surface area (Å²) in [5.41, 5.74) is 4.81. The summed E-state index contributed by atoms with van der Waals surface area (Å²) >= 11 is 0. The zero-order valence-electron chi connectivity index (χ0n) is 14.0. The lowest BCUT2D eigenvalue weighted by atomic mass is 10.1. The molecule has 0 spiro atoms. The number of hydrogen-bond donors (Lipinski definition) is 2. The Morgan fingerprint density at radius 2 is 2.00 bits per heavy atom. The fraction of sp³-hybridized carbons (Fsp3) is 0.0526. The van der Waals surface area contributed by atoms with Crippen molar-refractivity contribution in [3.05, 3.63) is 78.4 Å². The largest absolute Gasteiger partial charge is 0.321 e. The molecule has 2 aromatic heterocycles. The average Bonchev–Trinajstić information content (AvgIpc) is 3.34. The van der Waals surface area contributed by atoms with Gasteiger partial charge in [-0.15, -0.1) is 5.10 Å². The third-order valence-corrected chi connectivity index (χ3v) is 3.94. The molecule has 0 unspecified atom stereocenters. The molecule has 0 radical (unpaired) electrons. The van der Waals surface area contributed by atoms with E-state index in [0.29, 0.717) is 5.69 Å². The molecule has 0 aliphatic rings. The number of H-pyrrole nitrogens is 1. The molecule has 0 fully saturated rings. The van der Waals surface area contributed by atoms with Crippen molar-refractivity contribution < 1.29 is 4.79 Å². The fourth-order valence-corrected chi connectivity index (χ4v) is 2.64. The van der Waals surface area contributed by atoms with Crippen molar-refractivity contribution in [2.75, 3.05) is 5.32 Å². The molecular formula is C19H16N6O. The van der Waals surface area contributed by atoms with E-state index in [4.69, 9.17) is 0 Å². The quantitative estimate of drug-likeness (QED) is 0.595. The van der Waals surface area contributed by atoms with Crippen LogP contribution in [0.3, 0.4) is 0 Å². The number of anilines is 1. The summed E-state index contributed by atoms with van der Waals surface area (Å²) in [4.78, 5) is 12.5. The molecule has 7 nitrogen and oxygen atoms in total. The first-order valence-electron chi connectivity index (χ1n) is 8.09. The first-order chi connectivity index (χ1) is 12.7. The van der Waals surface area contributed by atoms with Crippen LogP contribution in [0.2, 0.25) is 0 Å². The normalized spacial score (nSPS) is 10.7. The van der Waals surface area contributed by atoms with Crippen molar-refractivity contribution in [3.8, 4) is 16.8 Å². The van der Waals surface area contributed by atoms with Gasteiger partial charge in [0.2, 0.25) is 0 Å². The molecule has 128 valence electrons. The SMILES string of the molecule is Cc1cccc(-n2cc(C(=O)Nc3cccc(-c4cn[nH]c4)c3)nn2)c1. The summed E-state index contributed by atoms with van der Waals surface area (Å²) in [6, 6.07) is 15.4. The number of carbonyl (C=O) groups is 1. The van der Waals surface area contributed by atoms with Crippen molar-refractivity contribution in [1.82, 2.24) is 25.2 Å². The van der Waals surface area contributed by atoms with Crippen LogP contribution in [-0.2, 0) is 0 Å². The van der Waals surface area contributed by atoms with Crippen LogP contribution in [0.5, 0.6) is 0 Å². The Balaban J connectivity index is 1.53. The number of amides is 1. The molecular weight excluding hydrogens is 328 g/mol. The number of carbonyl (C=O) groups excluding carboxylic acids is 1. The number of aromatic amines is 1. The Kier molecular flexibility index (Phi) is 4.03. The average molecular weight is 344 g/mol. The van der Waals surface area contributed by atoms with Crippen molar-refractivity contribution in [2.24, 2.45) is 0 Å². The molecule has 26 heavy (non-hydrogen) atoms. The summed E-state index contributed by atoms with van der Waals surface area (Å²) in [7, 11) is 0. The minimum absolute atomic E-state index is 0.250. The van der Waals surface area contributed by atoms with Gasteiger partial charge in [-0.2, -0.15) is 5.10 Å². The highest BCUT2D eigenvalue weighted by Gasteiger charge is 2.12. The van der Waals surface area contributed by atoms with Gasteiger partial charge in [0.15, 0.2) is 5.69 Å². The van der Waals surface area contributed by atoms with Gasteiger partial charge in [-0.3, -0.25) is 9.89 Å². The number of benzene rings is 2. The molecule has 1 amide bonds. The maximum atomic E-state index is 12.5. The number of nitrogens with one attached hydrogen (secondary N) is 2. The lowest BCUT2D eigenvalue weighted by molar-refractivity contribution is 0.102. The third-order valence-electron chi connectivity index (χ3n) is 3.94. The number of aryl methyl sites for hydroxylation is 1. The minimum atomic E-state index is -0.312. The van der Waals surface area contributed by atoms with Crippen LogP contribution in [0, 0.1) is 6.92 Å². The van der Waals surface area contributed by atoms with E-state index in [1.165, 1.54) is 0 Å². The van der Waals surface area contributed by atoms with E-state index >= 15 is 0 Å². The molecule has 4 aromatic rings. The van der Waals surface area contributed by atoms with Crippen LogP contribution in [-0.4, -0.2) is 31.1 Å². The van der Waals surface area contributed by atoms with E-state index in [-0.39, 0.29) is 11.6 Å². The molecule has 2 heterocycles. The van der Waals surface area contributed by atoms with Gasteiger partial charge in [-0.25, -0.2) is 4.68 Å². The van der Waals surface area contributed by atoms with Crippen LogP contribution < -0.4 is 5.32 Å². The van der Waals surface area contributed by atoms with Crippen LogP contribution in [0.1, 0.15) is 16.1 Å². The highest BCUT2D eigenvalue weighted by atomic mass is 16.2. The minimum Gasteiger partial charge on any atom is -0.321 e. The first-order valence-corrected chi connectivity index (χ1v) is 8.09. The predicted octanol–water partition coefficient (Wildman–Crippen LogP) is 3.22. The molecule has 0 aliphatic heterocycles. The van der Waals surface area contributed by atoms with E-state index in [9.17, 15) is 4.79 Å². The van der Waals surface area contributed by atoms with Gasteiger partial charge < -0.3 is 5.32 Å². The summed E-state index contributed by atoms with van der Waals surface area (Å²) < 4.78 is 1.59. The Bertz CT molecular complexity index is 1050. The number of hydrogen-bond acceptors (Lipinski definition) is 4. The Labute approximate surface area is 149 Å². The van der Waals surface area contributed by atoms with Crippen LogP contribution >= 0.6 is 0 Å². The second-order valence-electron chi connectivity index (χ2n) is 5.91. The predicted molar refractivity (Wildman–Crippen MR) is 98.1 cm³/mol. The molecule has 2 aromatic carbocycles. The van der Waals surface area contributed by atoms with Crippen molar-refractivity contribution in [1.29, 1.82) is 0 Å². The van der Waals surface area contributed by atoms with Crippen LogP contribution in [0.15, 0.2) is 67.1 Å². The standard InChI is InChI=1S/C19H16N6O/c1-13-4-2-7-17(8-13)25-12-18(23-24-25)19(26)22-16-6-3-5-14(9-16)15-10-20-21-11-15/h2-12H,1H3,(H,20,21)(H,22,26). The first kappa shape index (κ1) is 15.8. The molecule has 2 N–H and O–H groups in total. The molecule has 0 saturated carbocycles. The van der Waals surface area contributed by atoms with E-state index in [2.05, 4.69) is 25.8 Å². The maximum absolute atomic E-state index is 12.5.